The van der Waals surface area contributed by atoms with Crippen LogP contribution in [0.1, 0.15) is 12.8 Å². The molecule has 0 aromatic rings. The van der Waals surface area contributed by atoms with Crippen molar-refractivity contribution in [1.29, 1.82) is 0 Å². The molecular weight excluding hydrogens is 797 g/mol. The fourth-order valence-corrected chi connectivity index (χ4v) is 57.9. The topological polar surface area (TPSA) is 73.8 Å². The van der Waals surface area contributed by atoms with Crippen molar-refractivity contribution in [2.45, 2.75) is 194 Å². The van der Waals surface area contributed by atoms with Crippen molar-refractivity contribution in [2.24, 2.45) is 0 Å². The van der Waals surface area contributed by atoms with Crippen LogP contribution in [0.25, 0.3) is 0 Å². The van der Waals surface area contributed by atoms with E-state index >= 15 is 0 Å². The van der Waals surface area contributed by atoms with Crippen LogP contribution in [-0.2, 0) is 32.9 Å². The lowest BCUT2D eigenvalue weighted by atomic mass is 10.6. The van der Waals surface area contributed by atoms with Crippen LogP contribution in [0.15, 0.2) is 0 Å². The summed E-state index contributed by atoms with van der Waals surface area (Å²) in [6.07, 6.45) is 2.10. The van der Waals surface area contributed by atoms with E-state index in [0.29, 0.717) is 0 Å². The Morgan fingerprint density at radius 3 is 0.694 bits per heavy atom. The molecule has 0 saturated heterocycles. The second kappa shape index (κ2) is 17.9. The molecule has 2 atom stereocenters. The molecule has 2 unspecified atom stereocenters. The molecular formula is C30H84O8Si11. The zero-order valence-corrected chi connectivity index (χ0v) is 48.0. The predicted molar refractivity (Wildman–Crippen MR) is 241 cm³/mol. The molecule has 296 valence electrons. The van der Waals surface area contributed by atoms with Crippen LogP contribution in [-0.4, -0.2) is 92.7 Å². The predicted octanol–water partition coefficient (Wildman–Crippen LogP) is 11.9. The summed E-state index contributed by atoms with van der Waals surface area (Å²) in [5, 5.41) is 0. The van der Waals surface area contributed by atoms with E-state index in [1.807, 2.05) is 0 Å². The van der Waals surface area contributed by atoms with E-state index in [1.165, 1.54) is 0 Å². The van der Waals surface area contributed by atoms with Gasteiger partial charge in [0, 0.05) is 0 Å². The molecule has 0 heterocycles. The Balaban J connectivity index is 5.53. The fourth-order valence-electron chi connectivity index (χ4n) is 7.22. The quantitative estimate of drug-likeness (QED) is 0.0888. The Morgan fingerprint density at radius 2 is 0.469 bits per heavy atom. The van der Waals surface area contributed by atoms with Gasteiger partial charge in [-0.25, -0.2) is 0 Å². The molecule has 0 saturated carbocycles. The first-order chi connectivity index (χ1) is 21.1. The van der Waals surface area contributed by atoms with Gasteiger partial charge in [-0.15, -0.1) is 0 Å². The van der Waals surface area contributed by atoms with Gasteiger partial charge in [0.15, 0.2) is 49.9 Å². The minimum absolute atomic E-state index is 0.971. The lowest BCUT2D eigenvalue weighted by Gasteiger charge is -2.42. The lowest BCUT2D eigenvalue weighted by Crippen LogP contribution is -2.57. The molecule has 19 heteroatoms. The van der Waals surface area contributed by atoms with Crippen LogP contribution >= 0.6 is 0 Å². The summed E-state index contributed by atoms with van der Waals surface area (Å²) in [5.41, 5.74) is 0. The van der Waals surface area contributed by atoms with E-state index in [2.05, 4.69) is 157 Å². The number of hydrogen-bond acceptors (Lipinski definition) is 8. The van der Waals surface area contributed by atoms with Crippen molar-refractivity contribution in [1.82, 2.24) is 0 Å². The third-order valence-electron chi connectivity index (χ3n) is 6.94. The van der Waals surface area contributed by atoms with Gasteiger partial charge in [0.25, 0.3) is 0 Å². The molecule has 0 radical (unpaired) electrons. The van der Waals surface area contributed by atoms with Gasteiger partial charge >= 0.3 is 42.8 Å². The van der Waals surface area contributed by atoms with Crippen LogP contribution in [0, 0.1) is 0 Å². The molecule has 0 amide bonds. The van der Waals surface area contributed by atoms with Crippen molar-refractivity contribution in [3.05, 3.63) is 0 Å². The summed E-state index contributed by atoms with van der Waals surface area (Å²) in [4.78, 5) is 0. The van der Waals surface area contributed by atoms with Crippen LogP contribution < -0.4 is 0 Å². The van der Waals surface area contributed by atoms with Gasteiger partial charge in [0.1, 0.15) is 0 Å². The maximum Gasteiger partial charge on any atom is 0.315 e. The Labute approximate surface area is 317 Å². The average molecular weight is 882 g/mol. The minimum Gasteiger partial charge on any atom is -0.437 e. The van der Waals surface area contributed by atoms with Crippen molar-refractivity contribution in [3.8, 4) is 0 Å². The Hall–Kier alpha value is 2.07. The first-order valence-electron chi connectivity index (χ1n) is 18.7. The smallest absolute Gasteiger partial charge is 0.315 e. The van der Waals surface area contributed by atoms with E-state index in [4.69, 9.17) is 32.9 Å². The molecule has 0 rings (SSSR count). The van der Waals surface area contributed by atoms with Crippen LogP contribution in [0.5, 0.6) is 0 Å². The highest BCUT2D eigenvalue weighted by atomic mass is 28.5. The second-order valence-electron chi connectivity index (χ2n) is 21.0. The monoisotopic (exact) mass is 880 g/mol. The van der Waals surface area contributed by atoms with Crippen molar-refractivity contribution >= 4 is 92.7 Å². The zero-order valence-electron chi connectivity index (χ0n) is 37.0. The van der Waals surface area contributed by atoms with Gasteiger partial charge in [-0.2, -0.15) is 0 Å². The molecule has 0 N–H and O–H groups in total. The average Bonchev–Trinajstić information content (AvgIpc) is 2.62. The van der Waals surface area contributed by atoms with E-state index in [9.17, 15) is 0 Å². The van der Waals surface area contributed by atoms with Gasteiger partial charge in [-0.3, -0.25) is 0 Å². The molecule has 0 aliphatic rings. The molecule has 0 fully saturated rings. The molecule has 0 bridgehead atoms. The molecule has 0 aromatic heterocycles. The van der Waals surface area contributed by atoms with E-state index in [0.717, 1.165) is 37.0 Å². The summed E-state index contributed by atoms with van der Waals surface area (Å²) in [6, 6.07) is 4.08. The molecule has 0 aliphatic carbocycles. The summed E-state index contributed by atoms with van der Waals surface area (Å²) >= 11 is 0. The number of rotatable bonds is 24. The highest BCUT2D eigenvalue weighted by Gasteiger charge is 2.47. The lowest BCUT2D eigenvalue weighted by molar-refractivity contribution is 0.321. The highest BCUT2D eigenvalue weighted by molar-refractivity contribution is 6.91. The van der Waals surface area contributed by atoms with E-state index < -0.39 is 92.7 Å². The number of hydrogen-bond donors (Lipinski definition) is 0. The van der Waals surface area contributed by atoms with Crippen molar-refractivity contribution in [3.63, 3.8) is 0 Å². The summed E-state index contributed by atoms with van der Waals surface area (Å²) in [7, 11) is -22.9. The van der Waals surface area contributed by atoms with Crippen LogP contribution in [0.4, 0.5) is 0 Å². The zero-order chi connectivity index (χ0) is 39.4. The highest BCUT2D eigenvalue weighted by Crippen LogP contribution is 2.33. The van der Waals surface area contributed by atoms with Gasteiger partial charge in [-0.1, -0.05) is 12.8 Å². The summed E-state index contributed by atoms with van der Waals surface area (Å²) < 4.78 is 54.9. The van der Waals surface area contributed by atoms with Crippen molar-refractivity contribution in [2.75, 3.05) is 0 Å². The van der Waals surface area contributed by atoms with Gasteiger partial charge in [0.2, 0.25) is 0 Å². The van der Waals surface area contributed by atoms with E-state index in [-0.39, 0.29) is 0 Å². The molecule has 8 nitrogen and oxygen atoms in total. The minimum atomic E-state index is -2.43. The molecule has 0 spiro atoms. The van der Waals surface area contributed by atoms with Gasteiger partial charge in [-0.05, 0) is 181 Å². The Bertz CT molecular complexity index is 941. The van der Waals surface area contributed by atoms with E-state index in [1.54, 1.807) is 0 Å². The Kier molecular flexibility index (Phi) is 18.7. The SMILES string of the molecule is C[Si](C)(C)O[Si](C)(C)O[Si](C)(CCC[Si](C)(C)O[Si](C)(C)O[Si](C)(C)CCC[Si](C)(O[Si](C)(C)C)O[Si](C)(C)O[Si](C)(C)C)O[Si](C)(C)C. The normalized spacial score (nSPS) is 17.6. The molecule has 0 aliphatic heterocycles. The fraction of sp³-hybridized carbons (Fsp3) is 1.00. The standard InChI is InChI=1S/C30H84O8Si11/c1-39(2,3)31-45(17,18)37-48(23,33-41(7,8)9)29-25-27-43(13,14)35-47(21,22)36-44(15,16)28-26-30-49(24,34-42(10,11)12)38-46(19,20)32-40(4,5)6/h25-30H2,1-24H3. The first kappa shape index (κ1) is 51.1. The van der Waals surface area contributed by atoms with Crippen molar-refractivity contribution < 1.29 is 32.9 Å². The maximum atomic E-state index is 7.05. The van der Waals surface area contributed by atoms with Gasteiger partial charge < -0.3 is 32.9 Å². The second-order valence-corrected chi connectivity index (χ2v) is 66.4. The largest absolute Gasteiger partial charge is 0.437 e. The third kappa shape index (κ3) is 26.5. The summed E-state index contributed by atoms with van der Waals surface area (Å²) in [5.74, 6) is 0. The third-order valence-corrected chi connectivity index (χ3v) is 45.5. The molecule has 49 heavy (non-hydrogen) atoms. The molecule has 0 aromatic carbocycles. The van der Waals surface area contributed by atoms with Crippen LogP contribution in [0.3, 0.4) is 0 Å². The van der Waals surface area contributed by atoms with Crippen LogP contribution in [0.2, 0.25) is 181 Å². The first-order valence-corrected chi connectivity index (χ1v) is 52.0. The Morgan fingerprint density at radius 1 is 0.245 bits per heavy atom. The maximum absolute atomic E-state index is 7.05. The van der Waals surface area contributed by atoms with Gasteiger partial charge in [0.05, 0.1) is 0 Å². The summed E-state index contributed by atoms with van der Waals surface area (Å²) in [6.45, 7) is 54.4.